The highest BCUT2D eigenvalue weighted by Gasteiger charge is 1.97. The standard InChI is InChI=1S/C4H11NO2S/c1-5(2)8(6)4-7-3/h4H2,1-3H3. The van der Waals surface area contributed by atoms with Gasteiger partial charge in [0.25, 0.3) is 0 Å². The molecule has 0 heterocycles. The van der Waals surface area contributed by atoms with Gasteiger partial charge in [0.2, 0.25) is 0 Å². The van der Waals surface area contributed by atoms with Gasteiger partial charge >= 0.3 is 0 Å². The van der Waals surface area contributed by atoms with Gasteiger partial charge in [-0.05, 0) is 14.1 Å². The van der Waals surface area contributed by atoms with E-state index >= 15 is 0 Å². The molecule has 50 valence electrons. The molecule has 1 unspecified atom stereocenters. The summed E-state index contributed by atoms with van der Waals surface area (Å²) in [6.07, 6.45) is 0. The first kappa shape index (κ1) is 8.07. The number of rotatable bonds is 3. The van der Waals surface area contributed by atoms with E-state index in [9.17, 15) is 4.21 Å². The van der Waals surface area contributed by atoms with E-state index in [1.54, 1.807) is 18.4 Å². The summed E-state index contributed by atoms with van der Waals surface area (Å²) in [6.45, 7) is 0. The molecule has 0 radical (unpaired) electrons. The SMILES string of the molecule is COCS(=O)N(C)C. The first-order valence-corrected chi connectivity index (χ1v) is 3.51. The molecule has 0 amide bonds. The number of hydrogen-bond acceptors (Lipinski definition) is 2. The van der Waals surface area contributed by atoms with Crippen LogP contribution in [-0.2, 0) is 15.7 Å². The Kier molecular flexibility index (Phi) is 4.03. The third kappa shape index (κ3) is 3.12. The third-order valence-electron chi connectivity index (χ3n) is 0.626. The highest BCUT2D eigenvalue weighted by atomic mass is 32.2. The molecule has 4 heteroatoms. The first-order chi connectivity index (χ1) is 3.68. The van der Waals surface area contributed by atoms with Crippen molar-refractivity contribution in [3.8, 4) is 0 Å². The molecule has 1 atom stereocenters. The summed E-state index contributed by atoms with van der Waals surface area (Å²) < 4.78 is 16.9. The topological polar surface area (TPSA) is 29.5 Å². The molecule has 0 rings (SSSR count). The van der Waals surface area contributed by atoms with Crippen molar-refractivity contribution in [3.05, 3.63) is 0 Å². The monoisotopic (exact) mass is 137 g/mol. The molecule has 8 heavy (non-hydrogen) atoms. The van der Waals surface area contributed by atoms with E-state index in [4.69, 9.17) is 0 Å². The maximum absolute atomic E-state index is 10.7. The predicted molar refractivity (Wildman–Crippen MR) is 33.7 cm³/mol. The van der Waals surface area contributed by atoms with Crippen molar-refractivity contribution < 1.29 is 8.95 Å². The summed E-state index contributed by atoms with van der Waals surface area (Å²) in [4.78, 5) is 0. The average Bonchev–Trinajstić information content (AvgIpc) is 1.67. The van der Waals surface area contributed by atoms with Crippen molar-refractivity contribution in [2.24, 2.45) is 0 Å². The highest BCUT2D eigenvalue weighted by Crippen LogP contribution is 1.84. The lowest BCUT2D eigenvalue weighted by Gasteiger charge is -2.06. The maximum Gasteiger partial charge on any atom is 0.136 e. The zero-order valence-electron chi connectivity index (χ0n) is 5.38. The summed E-state index contributed by atoms with van der Waals surface area (Å²) in [7, 11) is 4.06. The Morgan fingerprint density at radius 3 is 2.25 bits per heavy atom. The van der Waals surface area contributed by atoms with E-state index in [1.165, 1.54) is 7.11 Å². The average molecular weight is 137 g/mol. The van der Waals surface area contributed by atoms with Gasteiger partial charge in [0.05, 0.1) is 0 Å². The van der Waals surface area contributed by atoms with Crippen molar-refractivity contribution in [3.63, 3.8) is 0 Å². The molecule has 0 aromatic rings. The fraction of sp³-hybridized carbons (Fsp3) is 1.00. The van der Waals surface area contributed by atoms with E-state index in [2.05, 4.69) is 4.74 Å². The molecule has 0 saturated heterocycles. The van der Waals surface area contributed by atoms with Crippen LogP contribution >= 0.6 is 0 Å². The summed E-state index contributed by atoms with van der Waals surface area (Å²) in [5, 5.41) is 0. The van der Waals surface area contributed by atoms with Crippen LogP contribution in [0.5, 0.6) is 0 Å². The molecular formula is C4H11NO2S. The Morgan fingerprint density at radius 1 is 1.62 bits per heavy atom. The number of nitrogens with zero attached hydrogens (tertiary/aromatic N) is 1. The van der Waals surface area contributed by atoms with Crippen LogP contribution < -0.4 is 0 Å². The van der Waals surface area contributed by atoms with Crippen LogP contribution in [0, 0.1) is 0 Å². The van der Waals surface area contributed by atoms with Gasteiger partial charge in [-0.2, -0.15) is 0 Å². The van der Waals surface area contributed by atoms with Gasteiger partial charge in [0, 0.05) is 7.11 Å². The number of methoxy groups -OCH3 is 1. The van der Waals surface area contributed by atoms with Crippen LogP contribution in [0.15, 0.2) is 0 Å². The zero-order chi connectivity index (χ0) is 6.57. The predicted octanol–water partition coefficient (Wildman–Crippen LogP) is -0.184. The highest BCUT2D eigenvalue weighted by molar-refractivity contribution is 7.82. The van der Waals surface area contributed by atoms with Gasteiger partial charge < -0.3 is 4.74 Å². The quantitative estimate of drug-likeness (QED) is 0.540. The van der Waals surface area contributed by atoms with Crippen LogP contribution in [0.1, 0.15) is 0 Å². The fourth-order valence-corrected chi connectivity index (χ4v) is 0.619. The van der Waals surface area contributed by atoms with Gasteiger partial charge in [-0.1, -0.05) is 0 Å². The van der Waals surface area contributed by atoms with Crippen molar-refractivity contribution >= 4 is 11.0 Å². The molecule has 0 aliphatic rings. The third-order valence-corrected chi connectivity index (χ3v) is 1.88. The molecule has 0 aromatic carbocycles. The first-order valence-electron chi connectivity index (χ1n) is 2.23. The largest absolute Gasteiger partial charge is 0.370 e. The van der Waals surface area contributed by atoms with Crippen LogP contribution in [0.4, 0.5) is 0 Å². The van der Waals surface area contributed by atoms with Gasteiger partial charge in [0.15, 0.2) is 0 Å². The second kappa shape index (κ2) is 4.00. The summed E-state index contributed by atoms with van der Waals surface area (Å²) in [5.74, 6) is 0.285. The molecule has 0 N–H and O–H groups in total. The smallest absolute Gasteiger partial charge is 0.136 e. The fourth-order valence-electron chi connectivity index (χ4n) is 0.206. The Morgan fingerprint density at radius 2 is 2.12 bits per heavy atom. The van der Waals surface area contributed by atoms with Gasteiger partial charge in [-0.25, -0.2) is 8.51 Å². The second-order valence-corrected chi connectivity index (χ2v) is 3.15. The lowest BCUT2D eigenvalue weighted by molar-refractivity contribution is 0.251. The van der Waals surface area contributed by atoms with Crippen LogP contribution in [0.2, 0.25) is 0 Å². The summed E-state index contributed by atoms with van der Waals surface area (Å²) in [5.41, 5.74) is 0. The molecule has 0 aromatic heterocycles. The minimum atomic E-state index is -0.961. The molecule has 0 saturated carbocycles. The number of ether oxygens (including phenoxy) is 1. The van der Waals surface area contributed by atoms with Crippen LogP contribution in [-0.4, -0.2) is 35.7 Å². The van der Waals surface area contributed by atoms with Crippen LogP contribution in [0.3, 0.4) is 0 Å². The Hall–Kier alpha value is 0.0700. The van der Waals surface area contributed by atoms with Crippen molar-refractivity contribution in [2.45, 2.75) is 0 Å². The lowest BCUT2D eigenvalue weighted by Crippen LogP contribution is -2.18. The van der Waals surface area contributed by atoms with E-state index in [0.717, 1.165) is 0 Å². The number of hydrogen-bond donors (Lipinski definition) is 0. The molecule has 3 nitrogen and oxygen atoms in total. The minimum Gasteiger partial charge on any atom is -0.370 e. The zero-order valence-corrected chi connectivity index (χ0v) is 6.20. The molecule has 0 aliphatic carbocycles. The molecule has 0 fully saturated rings. The second-order valence-electron chi connectivity index (χ2n) is 1.54. The van der Waals surface area contributed by atoms with E-state index in [-0.39, 0.29) is 5.94 Å². The summed E-state index contributed by atoms with van der Waals surface area (Å²) >= 11 is 0. The maximum atomic E-state index is 10.7. The van der Waals surface area contributed by atoms with E-state index < -0.39 is 11.0 Å². The Balaban J connectivity index is 3.33. The van der Waals surface area contributed by atoms with Crippen molar-refractivity contribution in [1.29, 1.82) is 0 Å². The molecule has 0 aliphatic heterocycles. The van der Waals surface area contributed by atoms with Crippen LogP contribution in [0.25, 0.3) is 0 Å². The van der Waals surface area contributed by atoms with E-state index in [1.807, 2.05) is 0 Å². The molecule has 0 spiro atoms. The normalized spacial score (nSPS) is 14.5. The minimum absolute atomic E-state index is 0.285. The lowest BCUT2D eigenvalue weighted by atomic mass is 11.3. The molecular weight excluding hydrogens is 126 g/mol. The van der Waals surface area contributed by atoms with Crippen molar-refractivity contribution in [2.75, 3.05) is 27.1 Å². The van der Waals surface area contributed by atoms with Crippen molar-refractivity contribution in [1.82, 2.24) is 4.31 Å². The summed E-state index contributed by atoms with van der Waals surface area (Å²) in [6, 6.07) is 0. The van der Waals surface area contributed by atoms with Gasteiger partial charge in [0.1, 0.15) is 16.9 Å². The molecule has 0 bridgehead atoms. The Bertz CT molecular complexity index is 84.1. The van der Waals surface area contributed by atoms with Gasteiger partial charge in [-0.15, -0.1) is 0 Å². The van der Waals surface area contributed by atoms with Gasteiger partial charge in [-0.3, -0.25) is 0 Å². The van der Waals surface area contributed by atoms with E-state index in [0.29, 0.717) is 0 Å². The Labute approximate surface area is 52.2 Å².